The van der Waals surface area contributed by atoms with E-state index in [2.05, 4.69) is 0 Å². The minimum absolute atomic E-state index is 0.0635. The van der Waals surface area contributed by atoms with Crippen molar-refractivity contribution in [2.75, 3.05) is 5.75 Å². The Morgan fingerprint density at radius 1 is 1.08 bits per heavy atom. The minimum Gasteiger partial charge on any atom is -0.457 e. The Kier molecular flexibility index (Phi) is 8.22. The number of aliphatic hydroxyl groups is 1. The van der Waals surface area contributed by atoms with E-state index in [1.165, 1.54) is 31.4 Å². The molecule has 13 heteroatoms. The average Bonchev–Trinajstić information content (AvgIpc) is 3.64. The van der Waals surface area contributed by atoms with E-state index >= 15 is 8.78 Å². The van der Waals surface area contributed by atoms with Crippen LogP contribution in [0.2, 0.25) is 0 Å². The summed E-state index contributed by atoms with van der Waals surface area (Å²) in [7, 11) is 0. The SMILES string of the molecule is C[C@@H]1C[C@H]2[C@@H]3C[C@H](F)C4=CC(=O)C=C[C@]4(C)[C@@]3(F)[C@@H](O)C[C@]2(C)[C@@]1(OC(=O)c1ccco1)C(=O)SCC(=O)c1ccc(C(F)(F)F)cc1. The van der Waals surface area contributed by atoms with Gasteiger partial charge in [0.1, 0.15) is 6.17 Å². The second-order valence-electron chi connectivity index (χ2n) is 13.7. The smallest absolute Gasteiger partial charge is 0.416 e. The molecule has 4 aliphatic carbocycles. The van der Waals surface area contributed by atoms with Crippen molar-refractivity contribution in [1.82, 2.24) is 0 Å². The van der Waals surface area contributed by atoms with Crippen molar-refractivity contribution in [3.63, 3.8) is 0 Å². The zero-order valence-corrected chi connectivity index (χ0v) is 27.0. The molecule has 1 aromatic heterocycles. The Labute approximate surface area is 277 Å². The second kappa shape index (κ2) is 11.5. The lowest BCUT2D eigenvalue weighted by molar-refractivity contribution is -0.221. The van der Waals surface area contributed by atoms with Crippen LogP contribution in [0.15, 0.2) is 70.9 Å². The number of Topliss-reactive ketones (excluding diaryl/α,β-unsaturated/α-hetero) is 1. The quantitative estimate of drug-likeness (QED) is 0.198. The van der Waals surface area contributed by atoms with Crippen LogP contribution >= 0.6 is 11.8 Å². The summed E-state index contributed by atoms with van der Waals surface area (Å²) in [6.45, 7) is 4.67. The minimum atomic E-state index is -4.61. The van der Waals surface area contributed by atoms with E-state index < -0.39 is 92.3 Å². The number of furan rings is 1. The molecule has 1 N–H and O–H groups in total. The van der Waals surface area contributed by atoms with Crippen molar-refractivity contribution in [3.8, 4) is 0 Å². The number of halogens is 5. The zero-order chi connectivity index (χ0) is 35.0. The molecule has 0 spiro atoms. The number of fused-ring (bicyclic) bond motifs is 5. The number of ether oxygens (including phenoxy) is 1. The van der Waals surface area contributed by atoms with Crippen LogP contribution in [-0.2, 0) is 20.5 Å². The van der Waals surface area contributed by atoms with E-state index in [0.29, 0.717) is 11.8 Å². The van der Waals surface area contributed by atoms with Crippen LogP contribution in [0.3, 0.4) is 0 Å². The second-order valence-corrected chi connectivity index (χ2v) is 14.6. The maximum absolute atomic E-state index is 17.7. The first-order valence-electron chi connectivity index (χ1n) is 15.5. The highest BCUT2D eigenvalue weighted by Gasteiger charge is 2.78. The molecule has 1 heterocycles. The van der Waals surface area contributed by atoms with E-state index in [9.17, 15) is 37.5 Å². The molecule has 0 bridgehead atoms. The molecular formula is C35H33F5O7S. The summed E-state index contributed by atoms with van der Waals surface area (Å²) >= 11 is 0.505. The standard InChI is InChI=1S/C35H33F5O7S/c1-18-13-22-23-15-25(36)24-14-21(41)10-11-31(24,2)33(23,37)28(43)16-32(22,3)34(18,47-29(44)27-5-4-12-46-27)30(45)48-17-26(42)19-6-8-20(9-7-19)35(38,39)40/h4-12,14,18,22-23,25,28,43H,13,15-17H2,1-3H3/t18-,22+,23+,25+,28+,31+,32+,33+,34+/m1/s1. The molecule has 0 radical (unpaired) electrons. The van der Waals surface area contributed by atoms with Gasteiger partial charge >= 0.3 is 12.1 Å². The molecule has 3 fully saturated rings. The van der Waals surface area contributed by atoms with Gasteiger partial charge in [-0.25, -0.2) is 13.6 Å². The number of thioether (sulfide) groups is 1. The van der Waals surface area contributed by atoms with Crippen molar-refractivity contribution >= 4 is 34.4 Å². The maximum Gasteiger partial charge on any atom is 0.416 e. The summed E-state index contributed by atoms with van der Waals surface area (Å²) in [4.78, 5) is 53.1. The third-order valence-corrected chi connectivity index (χ3v) is 12.3. The van der Waals surface area contributed by atoms with Crippen LogP contribution in [0.5, 0.6) is 0 Å². The Morgan fingerprint density at radius 2 is 1.77 bits per heavy atom. The van der Waals surface area contributed by atoms with E-state index in [1.807, 2.05) is 0 Å². The topological polar surface area (TPSA) is 111 Å². The summed E-state index contributed by atoms with van der Waals surface area (Å²) in [5.74, 6) is -5.70. The Balaban J connectivity index is 1.37. The van der Waals surface area contributed by atoms with Crippen LogP contribution in [0.1, 0.15) is 66.5 Å². The predicted octanol–water partition coefficient (Wildman–Crippen LogP) is 6.90. The molecular weight excluding hydrogens is 659 g/mol. The van der Waals surface area contributed by atoms with Gasteiger partial charge in [0.15, 0.2) is 22.8 Å². The molecule has 4 aliphatic rings. The normalized spacial score (nSPS) is 37.2. The zero-order valence-electron chi connectivity index (χ0n) is 26.2. The molecule has 9 atom stereocenters. The molecule has 0 aliphatic heterocycles. The molecule has 0 saturated heterocycles. The highest BCUT2D eigenvalue weighted by atomic mass is 32.2. The molecule has 0 unspecified atom stereocenters. The van der Waals surface area contributed by atoms with Crippen molar-refractivity contribution < 1.29 is 55.4 Å². The Bertz CT molecular complexity index is 1720. The van der Waals surface area contributed by atoms with Gasteiger partial charge in [0.05, 0.1) is 23.7 Å². The van der Waals surface area contributed by atoms with E-state index in [4.69, 9.17) is 9.15 Å². The van der Waals surface area contributed by atoms with Crippen LogP contribution in [0.4, 0.5) is 22.0 Å². The molecule has 48 heavy (non-hydrogen) atoms. The van der Waals surface area contributed by atoms with Crippen LogP contribution in [0.25, 0.3) is 0 Å². The third-order valence-electron chi connectivity index (χ3n) is 11.3. The predicted molar refractivity (Wildman–Crippen MR) is 163 cm³/mol. The first-order valence-corrected chi connectivity index (χ1v) is 16.5. The highest BCUT2D eigenvalue weighted by molar-refractivity contribution is 8.14. The monoisotopic (exact) mass is 692 g/mol. The fourth-order valence-corrected chi connectivity index (χ4v) is 10.1. The largest absolute Gasteiger partial charge is 0.457 e. The number of hydrogen-bond acceptors (Lipinski definition) is 8. The number of allylic oxidation sites excluding steroid dienone is 4. The number of carbonyl (C=O) groups excluding carboxylic acids is 4. The van der Waals surface area contributed by atoms with Gasteiger partial charge in [0.2, 0.25) is 10.9 Å². The van der Waals surface area contributed by atoms with Gasteiger partial charge in [-0.05, 0) is 74.1 Å². The van der Waals surface area contributed by atoms with Gasteiger partial charge in [-0.2, -0.15) is 13.2 Å². The fourth-order valence-electron chi connectivity index (χ4n) is 8.98. The first kappa shape index (κ1) is 34.3. The first-order chi connectivity index (χ1) is 22.4. The maximum atomic E-state index is 17.7. The van der Waals surface area contributed by atoms with Crippen LogP contribution < -0.4 is 0 Å². The number of benzene rings is 1. The number of aliphatic hydroxyl groups excluding tert-OH is 1. The molecule has 1 aromatic carbocycles. The fraction of sp³-hybridized carbons (Fsp3) is 0.486. The lowest BCUT2D eigenvalue weighted by Gasteiger charge is -2.63. The number of hydrogen-bond donors (Lipinski definition) is 1. The van der Waals surface area contributed by atoms with Gasteiger partial charge in [-0.1, -0.05) is 43.8 Å². The number of ketones is 2. The summed E-state index contributed by atoms with van der Waals surface area (Å²) in [5, 5.41) is 11.0. The molecule has 7 nitrogen and oxygen atoms in total. The molecule has 256 valence electrons. The molecule has 0 amide bonds. The van der Waals surface area contributed by atoms with Crippen molar-refractivity contribution in [2.45, 2.75) is 69.8 Å². The molecule has 2 aromatic rings. The molecule has 3 saturated carbocycles. The summed E-state index contributed by atoms with van der Waals surface area (Å²) < 4.78 is 84.0. The van der Waals surface area contributed by atoms with E-state index in [0.717, 1.165) is 36.4 Å². The van der Waals surface area contributed by atoms with E-state index in [1.54, 1.807) is 13.8 Å². The summed E-state index contributed by atoms with van der Waals surface area (Å²) in [5.41, 5.74) is -8.73. The lowest BCUT2D eigenvalue weighted by atomic mass is 9.44. The average molecular weight is 693 g/mol. The van der Waals surface area contributed by atoms with Gasteiger partial charge in [-0.15, -0.1) is 0 Å². The van der Waals surface area contributed by atoms with Gasteiger partial charge in [-0.3, -0.25) is 14.4 Å². The van der Waals surface area contributed by atoms with Gasteiger partial charge in [0.25, 0.3) is 0 Å². The Morgan fingerprint density at radius 3 is 2.40 bits per heavy atom. The van der Waals surface area contributed by atoms with Crippen LogP contribution in [-0.4, -0.2) is 57.1 Å². The summed E-state index contributed by atoms with van der Waals surface area (Å²) in [6.07, 6.45) is -4.06. The number of esters is 1. The molecule has 6 rings (SSSR count). The lowest BCUT2D eigenvalue weighted by Crippen LogP contribution is -2.70. The van der Waals surface area contributed by atoms with Gasteiger partial charge < -0.3 is 14.3 Å². The van der Waals surface area contributed by atoms with E-state index in [-0.39, 0.29) is 36.2 Å². The Hall–Kier alpha value is -3.58. The summed E-state index contributed by atoms with van der Waals surface area (Å²) in [6, 6.07) is 6.27. The van der Waals surface area contributed by atoms with Crippen LogP contribution in [0, 0.1) is 28.6 Å². The number of carbonyl (C=O) groups is 4. The van der Waals surface area contributed by atoms with Crippen molar-refractivity contribution in [1.29, 1.82) is 0 Å². The van der Waals surface area contributed by atoms with Crippen molar-refractivity contribution in [2.24, 2.45) is 28.6 Å². The highest BCUT2D eigenvalue weighted by Crippen LogP contribution is 2.72. The number of rotatable bonds is 6. The number of alkyl halides is 5. The third kappa shape index (κ3) is 4.86. The van der Waals surface area contributed by atoms with Crippen molar-refractivity contribution in [3.05, 3.63) is 83.3 Å². The van der Waals surface area contributed by atoms with Gasteiger partial charge in [0, 0.05) is 28.2 Å².